The van der Waals surface area contributed by atoms with Gasteiger partial charge in [-0.05, 0) is 61.0 Å². The van der Waals surface area contributed by atoms with Crippen molar-refractivity contribution < 1.29 is 14.4 Å². The first kappa shape index (κ1) is 26.2. The number of thiophene rings is 1. The van der Waals surface area contributed by atoms with Gasteiger partial charge < -0.3 is 26.2 Å². The first-order valence-electron chi connectivity index (χ1n) is 12.6. The highest BCUT2D eigenvalue weighted by Crippen LogP contribution is 2.25. The van der Waals surface area contributed by atoms with Gasteiger partial charge in [-0.15, -0.1) is 11.3 Å². The second-order valence-corrected chi connectivity index (χ2v) is 9.90. The van der Waals surface area contributed by atoms with E-state index in [1.165, 1.54) is 16.9 Å². The van der Waals surface area contributed by atoms with Crippen LogP contribution in [0, 0.1) is 6.92 Å². The Bertz CT molecular complexity index is 1230. The predicted molar refractivity (Wildman–Crippen MR) is 150 cm³/mol. The van der Waals surface area contributed by atoms with Gasteiger partial charge >= 0.3 is 0 Å². The van der Waals surface area contributed by atoms with Gasteiger partial charge in [-0.25, -0.2) is 0 Å². The number of hydrogen-bond donors (Lipinski definition) is 4. The molecular weight excluding hydrogens is 486 g/mol. The van der Waals surface area contributed by atoms with Crippen LogP contribution in [0.2, 0.25) is 0 Å². The zero-order valence-corrected chi connectivity index (χ0v) is 21.8. The van der Waals surface area contributed by atoms with Crippen molar-refractivity contribution in [1.29, 1.82) is 0 Å². The number of nitrogens with one attached hydrogen (secondary N) is 4. The summed E-state index contributed by atoms with van der Waals surface area (Å²) in [6.07, 6.45) is 2.23. The van der Waals surface area contributed by atoms with Gasteiger partial charge in [-0.1, -0.05) is 24.3 Å². The first-order valence-corrected chi connectivity index (χ1v) is 13.5. The van der Waals surface area contributed by atoms with E-state index in [1.807, 2.05) is 40.6 Å². The third kappa shape index (κ3) is 7.33. The van der Waals surface area contributed by atoms with Crippen molar-refractivity contribution in [3.63, 3.8) is 0 Å². The molecule has 0 bridgehead atoms. The fourth-order valence-corrected chi connectivity index (χ4v) is 4.83. The van der Waals surface area contributed by atoms with Crippen LogP contribution in [0.4, 0.5) is 17.1 Å². The zero-order valence-electron chi connectivity index (χ0n) is 21.0. The Kier molecular flexibility index (Phi) is 9.15. The molecule has 4 rings (SSSR count). The van der Waals surface area contributed by atoms with E-state index in [4.69, 9.17) is 0 Å². The fourth-order valence-electron chi connectivity index (χ4n) is 4.21. The Morgan fingerprint density at radius 3 is 2.46 bits per heavy atom. The summed E-state index contributed by atoms with van der Waals surface area (Å²) in [5.74, 6) is -0.245. The molecular formula is C28H33N5O3S. The van der Waals surface area contributed by atoms with Crippen LogP contribution >= 0.6 is 11.3 Å². The van der Waals surface area contributed by atoms with Crippen LogP contribution in [0.1, 0.15) is 44.9 Å². The molecule has 1 saturated heterocycles. The number of carbonyl (C=O) groups is 3. The SMILES string of the molecule is Cc1ccccc1NCCNc1ccc(C(=O)NCCCN2CCCC2=O)cc1NC(=O)c1cccs1. The summed E-state index contributed by atoms with van der Waals surface area (Å²) in [5.41, 5.74) is 4.00. The molecule has 0 spiro atoms. The molecule has 0 radical (unpaired) electrons. The van der Waals surface area contributed by atoms with Crippen LogP contribution in [0.5, 0.6) is 0 Å². The second kappa shape index (κ2) is 12.9. The molecule has 9 heteroatoms. The van der Waals surface area contributed by atoms with E-state index >= 15 is 0 Å². The molecule has 4 N–H and O–H groups in total. The lowest BCUT2D eigenvalue weighted by Crippen LogP contribution is -2.30. The molecule has 1 fully saturated rings. The van der Waals surface area contributed by atoms with E-state index in [9.17, 15) is 14.4 Å². The van der Waals surface area contributed by atoms with E-state index in [2.05, 4.69) is 34.3 Å². The molecule has 3 aromatic rings. The number of amides is 3. The standard InChI is InChI=1S/C28H33N5O3S/c1-20-7-2-3-8-22(20)29-14-15-30-23-12-11-21(19-24(23)32-28(36)25-9-5-18-37-25)27(35)31-13-6-17-33-16-4-10-26(33)34/h2-3,5,7-9,11-12,18-19,29-30H,4,6,10,13-17H2,1H3,(H,31,35)(H,32,36). The Morgan fingerprint density at radius 1 is 0.919 bits per heavy atom. The molecule has 194 valence electrons. The summed E-state index contributed by atoms with van der Waals surface area (Å²) in [5, 5.41) is 14.5. The molecule has 1 aromatic heterocycles. The van der Waals surface area contributed by atoms with E-state index in [0.717, 1.165) is 24.3 Å². The lowest BCUT2D eigenvalue weighted by molar-refractivity contribution is -0.127. The molecule has 0 aliphatic carbocycles. The summed E-state index contributed by atoms with van der Waals surface area (Å²) in [4.78, 5) is 39.7. The third-order valence-electron chi connectivity index (χ3n) is 6.24. The minimum atomic E-state index is -0.219. The minimum Gasteiger partial charge on any atom is -0.383 e. The quantitative estimate of drug-likeness (QED) is 0.263. The average Bonchev–Trinajstić information content (AvgIpc) is 3.58. The summed E-state index contributed by atoms with van der Waals surface area (Å²) in [6.45, 7) is 5.30. The normalized spacial score (nSPS) is 12.9. The highest BCUT2D eigenvalue weighted by molar-refractivity contribution is 7.12. The van der Waals surface area contributed by atoms with E-state index < -0.39 is 0 Å². The Labute approximate surface area is 221 Å². The highest BCUT2D eigenvalue weighted by atomic mass is 32.1. The van der Waals surface area contributed by atoms with Gasteiger partial charge in [0.15, 0.2) is 0 Å². The number of para-hydroxylation sites is 1. The van der Waals surface area contributed by atoms with Crippen LogP contribution in [0.15, 0.2) is 60.0 Å². The summed E-state index contributed by atoms with van der Waals surface area (Å²) >= 11 is 1.36. The van der Waals surface area contributed by atoms with Gasteiger partial charge in [0.05, 0.1) is 16.3 Å². The number of nitrogens with zero attached hydrogens (tertiary/aromatic N) is 1. The number of benzene rings is 2. The minimum absolute atomic E-state index is 0.189. The van der Waals surface area contributed by atoms with E-state index in [1.54, 1.807) is 18.2 Å². The van der Waals surface area contributed by atoms with Crippen LogP contribution in [-0.2, 0) is 4.79 Å². The predicted octanol–water partition coefficient (Wildman–Crippen LogP) is 4.58. The maximum absolute atomic E-state index is 12.8. The molecule has 37 heavy (non-hydrogen) atoms. The lowest BCUT2D eigenvalue weighted by Gasteiger charge is -2.16. The number of anilines is 3. The Hall–Kier alpha value is -3.85. The van der Waals surface area contributed by atoms with Gasteiger partial charge in [0, 0.05) is 50.4 Å². The lowest BCUT2D eigenvalue weighted by atomic mass is 10.1. The van der Waals surface area contributed by atoms with Gasteiger partial charge in [-0.2, -0.15) is 0 Å². The van der Waals surface area contributed by atoms with Gasteiger partial charge in [-0.3, -0.25) is 14.4 Å². The molecule has 8 nitrogen and oxygen atoms in total. The third-order valence-corrected chi connectivity index (χ3v) is 7.11. The first-order chi connectivity index (χ1) is 18.0. The number of aryl methyl sites for hydroxylation is 1. The molecule has 2 aromatic carbocycles. The number of likely N-dealkylation sites (tertiary alicyclic amines) is 1. The van der Waals surface area contributed by atoms with Crippen LogP contribution in [0.25, 0.3) is 0 Å². The van der Waals surface area contributed by atoms with Crippen molar-refractivity contribution >= 4 is 46.1 Å². The maximum Gasteiger partial charge on any atom is 0.265 e. The molecule has 0 unspecified atom stereocenters. The van der Waals surface area contributed by atoms with Crippen molar-refractivity contribution in [3.8, 4) is 0 Å². The fraction of sp³-hybridized carbons (Fsp3) is 0.321. The number of carbonyl (C=O) groups excluding carboxylic acids is 3. The molecule has 3 amide bonds. The van der Waals surface area contributed by atoms with Gasteiger partial charge in [0.25, 0.3) is 11.8 Å². The van der Waals surface area contributed by atoms with Crippen LogP contribution in [0.3, 0.4) is 0 Å². The van der Waals surface area contributed by atoms with Gasteiger partial charge in [0.2, 0.25) is 5.91 Å². The number of hydrogen-bond acceptors (Lipinski definition) is 6. The maximum atomic E-state index is 12.8. The second-order valence-electron chi connectivity index (χ2n) is 8.95. The zero-order chi connectivity index (χ0) is 26.0. The molecule has 1 aliphatic rings. The van der Waals surface area contributed by atoms with Crippen molar-refractivity contribution in [1.82, 2.24) is 10.2 Å². The largest absolute Gasteiger partial charge is 0.383 e. The highest BCUT2D eigenvalue weighted by Gasteiger charge is 2.19. The van der Waals surface area contributed by atoms with Crippen LogP contribution in [-0.4, -0.2) is 55.3 Å². The van der Waals surface area contributed by atoms with Crippen molar-refractivity contribution in [2.75, 3.05) is 48.7 Å². The van der Waals surface area contributed by atoms with Crippen LogP contribution < -0.4 is 21.3 Å². The van der Waals surface area contributed by atoms with Crippen molar-refractivity contribution in [2.45, 2.75) is 26.2 Å². The Balaban J connectivity index is 1.36. The summed E-state index contributed by atoms with van der Waals surface area (Å²) in [7, 11) is 0. The molecule has 1 aliphatic heterocycles. The van der Waals surface area contributed by atoms with Crippen molar-refractivity contribution in [3.05, 3.63) is 76.0 Å². The summed E-state index contributed by atoms with van der Waals surface area (Å²) in [6, 6.07) is 17.0. The van der Waals surface area contributed by atoms with E-state index in [-0.39, 0.29) is 17.7 Å². The monoisotopic (exact) mass is 519 g/mol. The van der Waals surface area contributed by atoms with E-state index in [0.29, 0.717) is 55.1 Å². The topological polar surface area (TPSA) is 103 Å². The van der Waals surface area contributed by atoms with Crippen molar-refractivity contribution in [2.24, 2.45) is 0 Å². The average molecular weight is 520 g/mol. The Morgan fingerprint density at radius 2 is 1.73 bits per heavy atom. The summed E-state index contributed by atoms with van der Waals surface area (Å²) < 4.78 is 0. The number of rotatable bonds is 12. The molecule has 0 saturated carbocycles. The van der Waals surface area contributed by atoms with Gasteiger partial charge in [0.1, 0.15) is 0 Å². The molecule has 2 heterocycles. The smallest absolute Gasteiger partial charge is 0.265 e. The molecule has 0 atom stereocenters.